The summed E-state index contributed by atoms with van der Waals surface area (Å²) in [5.41, 5.74) is 0. The Bertz CT molecular complexity index is 638. The van der Waals surface area contributed by atoms with Crippen molar-refractivity contribution in [3.8, 4) is 0 Å². The molecule has 1 aromatic carbocycles. The lowest BCUT2D eigenvalue weighted by atomic mass is 10.0. The van der Waals surface area contributed by atoms with Crippen molar-refractivity contribution in [2.24, 2.45) is 0 Å². The molecule has 0 aliphatic carbocycles. The molecule has 2 heterocycles. The maximum Gasteiger partial charge on any atom is 0.243 e. The minimum atomic E-state index is -3.64. The number of ether oxygens (including phenoxy) is 1. The number of methoxy groups -OCH3 is 1. The minimum Gasteiger partial charge on any atom is -0.381 e. The minimum absolute atomic E-state index is 0.0393. The number of hydrogen-bond donors (Lipinski definition) is 0. The molecule has 2 aliphatic rings. The molecule has 4 nitrogen and oxygen atoms in total. The number of rotatable bonds is 3. The normalized spacial score (nSPS) is 29.8. The van der Waals surface area contributed by atoms with Gasteiger partial charge in [-0.3, -0.25) is 0 Å². The maximum atomic E-state index is 13.2. The number of benzene rings is 1. The predicted octanol–water partition coefficient (Wildman–Crippen LogP) is 2.81. The Morgan fingerprint density at radius 2 is 1.90 bits per heavy atom. The second kappa shape index (κ2) is 5.50. The van der Waals surface area contributed by atoms with Crippen LogP contribution in [-0.4, -0.2) is 38.0 Å². The first-order chi connectivity index (χ1) is 9.93. The summed E-state index contributed by atoms with van der Waals surface area (Å²) in [6.07, 6.45) is 3.23. The number of hydrogen-bond acceptors (Lipinski definition) is 3. The van der Waals surface area contributed by atoms with Gasteiger partial charge in [-0.2, -0.15) is 4.31 Å². The van der Waals surface area contributed by atoms with E-state index >= 15 is 0 Å². The summed E-state index contributed by atoms with van der Waals surface area (Å²) < 4.78 is 45.8. The maximum absolute atomic E-state index is 13.2. The van der Waals surface area contributed by atoms with E-state index in [0.29, 0.717) is 12.8 Å². The van der Waals surface area contributed by atoms with Crippen LogP contribution in [0.1, 0.15) is 25.7 Å². The van der Waals surface area contributed by atoms with Gasteiger partial charge in [0, 0.05) is 19.2 Å². The first-order valence-electron chi connectivity index (χ1n) is 6.95. The number of nitrogens with zero attached hydrogens (tertiary/aromatic N) is 1. The van der Waals surface area contributed by atoms with Crippen LogP contribution >= 0.6 is 11.6 Å². The van der Waals surface area contributed by atoms with E-state index in [2.05, 4.69) is 0 Å². The molecular formula is C14H17ClFNO3S. The molecule has 7 heteroatoms. The van der Waals surface area contributed by atoms with Gasteiger partial charge in [-0.25, -0.2) is 12.8 Å². The van der Waals surface area contributed by atoms with Gasteiger partial charge in [0.25, 0.3) is 0 Å². The number of piperidine rings is 1. The summed E-state index contributed by atoms with van der Waals surface area (Å²) in [4.78, 5) is 0.0571. The lowest BCUT2D eigenvalue weighted by molar-refractivity contribution is 0.0349. The number of halogens is 2. The van der Waals surface area contributed by atoms with Crippen LogP contribution in [0.4, 0.5) is 4.39 Å². The Morgan fingerprint density at radius 3 is 2.43 bits per heavy atom. The molecule has 3 rings (SSSR count). The molecule has 2 bridgehead atoms. The van der Waals surface area contributed by atoms with Gasteiger partial charge in [-0.15, -0.1) is 0 Å². The zero-order valence-corrected chi connectivity index (χ0v) is 13.2. The van der Waals surface area contributed by atoms with Gasteiger partial charge >= 0.3 is 0 Å². The standard InChI is InChI=1S/C14H17ClFNO3S/c1-20-11-6-9-2-3-10(7-11)17(9)21(18,19)12-4-5-14(16)13(15)8-12/h4-5,8-11H,2-3,6-7H2,1H3. The van der Waals surface area contributed by atoms with E-state index in [1.807, 2.05) is 0 Å². The van der Waals surface area contributed by atoms with Crippen molar-refractivity contribution < 1.29 is 17.5 Å². The van der Waals surface area contributed by atoms with Gasteiger partial charge in [0.15, 0.2) is 0 Å². The Balaban J connectivity index is 1.94. The van der Waals surface area contributed by atoms with Crippen LogP contribution in [0, 0.1) is 5.82 Å². The van der Waals surface area contributed by atoms with E-state index in [1.54, 1.807) is 11.4 Å². The van der Waals surface area contributed by atoms with E-state index in [9.17, 15) is 12.8 Å². The average Bonchev–Trinajstić information content (AvgIpc) is 2.74. The van der Waals surface area contributed by atoms with E-state index in [4.69, 9.17) is 16.3 Å². The third-order valence-electron chi connectivity index (χ3n) is 4.42. The van der Waals surface area contributed by atoms with Crippen molar-refractivity contribution in [2.45, 2.75) is 48.8 Å². The summed E-state index contributed by atoms with van der Waals surface area (Å²) in [5.74, 6) is -0.614. The molecular weight excluding hydrogens is 317 g/mol. The zero-order valence-electron chi connectivity index (χ0n) is 11.6. The highest BCUT2D eigenvalue weighted by Crippen LogP contribution is 2.40. The molecule has 0 N–H and O–H groups in total. The van der Waals surface area contributed by atoms with Crippen LogP contribution in [0.2, 0.25) is 5.02 Å². The highest BCUT2D eigenvalue weighted by Gasteiger charge is 2.47. The fraction of sp³-hybridized carbons (Fsp3) is 0.571. The Kier molecular flexibility index (Phi) is 3.98. The molecule has 2 saturated heterocycles. The Hall–Kier alpha value is -0.690. The fourth-order valence-corrected chi connectivity index (χ4v) is 5.59. The summed E-state index contributed by atoms with van der Waals surface area (Å²) in [6, 6.07) is 3.48. The molecule has 2 fully saturated rings. The lowest BCUT2D eigenvalue weighted by Gasteiger charge is -2.37. The molecule has 0 spiro atoms. The first-order valence-corrected chi connectivity index (χ1v) is 8.76. The molecule has 0 saturated carbocycles. The Labute approximate surface area is 128 Å². The SMILES string of the molecule is COC1CC2CCC(C1)N2S(=O)(=O)c1ccc(F)c(Cl)c1. The largest absolute Gasteiger partial charge is 0.381 e. The van der Waals surface area contributed by atoms with Crippen LogP contribution in [0.25, 0.3) is 0 Å². The third kappa shape index (κ3) is 2.59. The summed E-state index contributed by atoms with van der Waals surface area (Å²) in [7, 11) is -1.98. The molecule has 2 aliphatic heterocycles. The van der Waals surface area contributed by atoms with Gasteiger partial charge in [-0.05, 0) is 43.9 Å². The molecule has 0 radical (unpaired) electrons. The topological polar surface area (TPSA) is 46.6 Å². The van der Waals surface area contributed by atoms with Crippen molar-refractivity contribution >= 4 is 21.6 Å². The monoisotopic (exact) mass is 333 g/mol. The van der Waals surface area contributed by atoms with Crippen molar-refractivity contribution in [1.82, 2.24) is 4.31 Å². The second-order valence-electron chi connectivity index (χ2n) is 5.62. The highest BCUT2D eigenvalue weighted by atomic mass is 35.5. The smallest absolute Gasteiger partial charge is 0.243 e. The van der Waals surface area contributed by atoms with Crippen LogP contribution in [0.5, 0.6) is 0 Å². The molecule has 2 unspecified atom stereocenters. The van der Waals surface area contributed by atoms with Crippen molar-refractivity contribution in [1.29, 1.82) is 0 Å². The van der Waals surface area contributed by atoms with Gasteiger partial charge < -0.3 is 4.74 Å². The van der Waals surface area contributed by atoms with E-state index < -0.39 is 15.8 Å². The molecule has 0 amide bonds. The van der Waals surface area contributed by atoms with Crippen LogP contribution in [-0.2, 0) is 14.8 Å². The van der Waals surface area contributed by atoms with Crippen molar-refractivity contribution in [3.63, 3.8) is 0 Å². The molecule has 0 aromatic heterocycles. The summed E-state index contributed by atoms with van der Waals surface area (Å²) >= 11 is 5.71. The van der Waals surface area contributed by atoms with Crippen LogP contribution < -0.4 is 0 Å². The molecule has 1 aromatic rings. The van der Waals surface area contributed by atoms with Gasteiger partial charge in [0.2, 0.25) is 10.0 Å². The number of fused-ring (bicyclic) bond motifs is 2. The van der Waals surface area contributed by atoms with E-state index in [-0.39, 0.29) is 28.1 Å². The molecule has 21 heavy (non-hydrogen) atoms. The van der Waals surface area contributed by atoms with Gasteiger partial charge in [0.1, 0.15) is 5.82 Å². The highest BCUT2D eigenvalue weighted by molar-refractivity contribution is 7.89. The molecule has 116 valence electrons. The summed E-state index contributed by atoms with van der Waals surface area (Å²) in [5, 5.41) is -0.171. The van der Waals surface area contributed by atoms with Crippen LogP contribution in [0.15, 0.2) is 23.1 Å². The number of sulfonamides is 1. The fourth-order valence-electron chi connectivity index (χ4n) is 3.43. The quantitative estimate of drug-likeness (QED) is 0.854. The average molecular weight is 334 g/mol. The third-order valence-corrected chi connectivity index (χ3v) is 6.71. The van der Waals surface area contributed by atoms with Crippen molar-refractivity contribution in [2.75, 3.05) is 7.11 Å². The summed E-state index contributed by atoms with van der Waals surface area (Å²) in [6.45, 7) is 0. The van der Waals surface area contributed by atoms with Crippen molar-refractivity contribution in [3.05, 3.63) is 29.0 Å². The van der Waals surface area contributed by atoms with Gasteiger partial charge in [-0.1, -0.05) is 11.6 Å². The second-order valence-corrected chi connectivity index (χ2v) is 7.88. The molecule has 2 atom stereocenters. The first kappa shape index (κ1) is 15.2. The lowest BCUT2D eigenvalue weighted by Crippen LogP contribution is -2.48. The predicted molar refractivity (Wildman–Crippen MR) is 77.3 cm³/mol. The van der Waals surface area contributed by atoms with E-state index in [0.717, 1.165) is 18.9 Å². The van der Waals surface area contributed by atoms with E-state index in [1.165, 1.54) is 12.1 Å². The van der Waals surface area contributed by atoms with Gasteiger partial charge in [0.05, 0.1) is 16.0 Å². The zero-order chi connectivity index (χ0) is 15.2. The van der Waals surface area contributed by atoms with Crippen LogP contribution in [0.3, 0.4) is 0 Å². The Morgan fingerprint density at radius 1 is 1.29 bits per heavy atom.